The molecular weight excluding hydrogens is 1330 g/mol. The zero-order valence-corrected chi connectivity index (χ0v) is 56.6. The molecule has 0 aromatic carbocycles. The average Bonchev–Trinajstić information content (AvgIpc) is 0.835. The van der Waals surface area contributed by atoms with Gasteiger partial charge < -0.3 is 126 Å². The van der Waals surface area contributed by atoms with Crippen LogP contribution in [0.3, 0.4) is 0 Å². The largest absolute Gasteiger partial charge is 0.441 e. The lowest BCUT2D eigenvalue weighted by Crippen LogP contribution is -2.63. The van der Waals surface area contributed by atoms with E-state index in [-0.39, 0.29) is 65.9 Å². The molecule has 2 aliphatic heterocycles. The lowest BCUT2D eigenvalue weighted by atomic mass is 9.82. The summed E-state index contributed by atoms with van der Waals surface area (Å²) in [6, 6.07) is -7.42. The van der Waals surface area contributed by atoms with Crippen molar-refractivity contribution in [2.75, 3.05) is 38.5 Å². The van der Waals surface area contributed by atoms with Gasteiger partial charge in [0, 0.05) is 55.3 Å². The normalized spacial score (nSPS) is 23.6. The summed E-state index contributed by atoms with van der Waals surface area (Å²) in [4.78, 5) is 136. The number of hydrogen-bond donors (Lipinski definition) is 19. The minimum Gasteiger partial charge on any atom is -0.441 e. The number of imidazole rings is 1. The van der Waals surface area contributed by atoms with Crippen LogP contribution in [0.4, 0.5) is 10.6 Å². The molecule has 2 aliphatic rings. The second kappa shape index (κ2) is 36.5. The van der Waals surface area contributed by atoms with Crippen molar-refractivity contribution in [2.45, 2.75) is 178 Å². The third-order valence-electron chi connectivity index (χ3n) is 16.5. The van der Waals surface area contributed by atoms with Crippen molar-refractivity contribution in [3.63, 3.8) is 0 Å². The number of primary amides is 3. The molecule has 0 unspecified atom stereocenters. The number of aliphatic imine (C=N–C) groups is 1. The Morgan fingerprint density at radius 2 is 1.52 bits per heavy atom. The molecule has 6 heterocycles. The molecule has 26 N–H and O–H groups in total. The van der Waals surface area contributed by atoms with Crippen molar-refractivity contribution in [3.8, 4) is 10.7 Å². The number of thiazole rings is 2. The number of aromatic nitrogens is 6. The SMILES string of the molecule is CC[C@@H]1O[C@H](O[C@@H](c2cnc[nH]2)[C@H](NC(=O)c2nc([C@H](CC(N)=O)NC[C@@H](N)C(N)=O)nc(N)c2C)C(=O)N[C@H](C)[C@H](O)[C@H](C)C(=O)N[C@@H](C(=O)NCCc2nc(-c3nc(C(=O)NCCCCN=C(N)N)cs3)cs2)[C@@H](C)O)[C@H](O[C@@H]2O[C@H](CO)[C@H](O)[C@H](OC(N)=O)[C@@H]2O)[C@H](C)[C@@H]1C. The van der Waals surface area contributed by atoms with Crippen molar-refractivity contribution in [2.24, 2.45) is 57.1 Å². The number of nitrogens with zero attached hydrogens (tertiary/aromatic N) is 6. The number of aliphatic hydroxyl groups excluding tert-OH is 5. The van der Waals surface area contributed by atoms with Crippen LogP contribution in [0.25, 0.3) is 10.7 Å². The van der Waals surface area contributed by atoms with Crippen LogP contribution in [0.15, 0.2) is 28.3 Å². The Morgan fingerprint density at radius 1 is 0.806 bits per heavy atom. The van der Waals surface area contributed by atoms with Gasteiger partial charge in [0.15, 0.2) is 24.6 Å². The first kappa shape index (κ1) is 78.7. The number of carbonyl (C=O) groups is 8. The molecule has 0 aliphatic carbocycles. The van der Waals surface area contributed by atoms with Crippen molar-refractivity contribution in [1.82, 2.24) is 61.8 Å². The lowest BCUT2D eigenvalue weighted by Gasteiger charge is -2.48. The number of nitrogen functional groups attached to an aromatic ring is 1. The smallest absolute Gasteiger partial charge is 0.404 e. The van der Waals surface area contributed by atoms with Crippen LogP contribution < -0.4 is 72.0 Å². The van der Waals surface area contributed by atoms with Crippen LogP contribution in [0, 0.1) is 24.7 Å². The highest BCUT2D eigenvalue weighted by Crippen LogP contribution is 2.40. The molecule has 2 fully saturated rings. The van der Waals surface area contributed by atoms with Crippen molar-refractivity contribution < 1.29 is 87.6 Å². The van der Waals surface area contributed by atoms with Crippen molar-refractivity contribution in [1.29, 1.82) is 0 Å². The minimum absolute atomic E-state index is 0.00652. The molecule has 19 atom stereocenters. The molecule has 98 heavy (non-hydrogen) atoms. The third kappa shape index (κ3) is 21.1. The fourth-order valence-corrected chi connectivity index (χ4v) is 12.2. The predicted octanol–water partition coefficient (Wildman–Crippen LogP) is -4.95. The number of carbonyl (C=O) groups excluding carboxylic acids is 8. The van der Waals surface area contributed by atoms with E-state index in [9.17, 15) is 54.3 Å². The summed E-state index contributed by atoms with van der Waals surface area (Å²) in [6.07, 6.45) is -14.8. The van der Waals surface area contributed by atoms with E-state index >= 15 is 9.59 Å². The standard InChI is InChI=1S/C58H90N20O18S2/c1-8-33-22(2)23(3)43(94-55-42(84)45(96-58(65)91)41(83)34(18-79)93-55)56(92-33)95-44(30-17-66-21-71-30)39(77-52(89)37-24(4)46(61)78-48(75-37)29(15-35(60)81)70-16-28(59)47(62)85)53(90)72-26(6)40(82)25(5)49(86)76-38(27(7)80)51(88)68-14-11-36-73-32(20-97-36)54-74-31(19-98-54)50(87)67-12-9-10-13-69-57(63)64/h17,19-23,25-29,33-34,38-45,55-56,70,79-80,82-84H,8-16,18,59H2,1-7H3,(H2,60,81)(H2,62,85)(H2,65,91)(H,66,71)(H,67,87)(H,68,88)(H,72,90)(H,76,86)(H,77,89)(H2,61,75,78)(H4,63,64,69)/t22-,23+,25-,26+,27+,28+,29-,33-,34+,38+,39-,40+,41-,42-,43+,44-,45-,55-,56+/m0/s1. The van der Waals surface area contributed by atoms with Gasteiger partial charge in [0.05, 0.1) is 72.2 Å². The number of nitrogens with two attached hydrogens (primary N) is 7. The van der Waals surface area contributed by atoms with Gasteiger partial charge in [-0.1, -0.05) is 27.7 Å². The van der Waals surface area contributed by atoms with Gasteiger partial charge in [-0.15, -0.1) is 22.7 Å². The fourth-order valence-electron chi connectivity index (χ4n) is 10.6. The maximum absolute atomic E-state index is 15.3. The van der Waals surface area contributed by atoms with Crippen LogP contribution in [-0.2, 0) is 54.1 Å². The summed E-state index contributed by atoms with van der Waals surface area (Å²) in [6.45, 7) is 10.4. The summed E-state index contributed by atoms with van der Waals surface area (Å²) in [7, 11) is 0. The first-order valence-electron chi connectivity index (χ1n) is 31.4. The number of nitrogens with one attached hydrogen (secondary N) is 7. The lowest BCUT2D eigenvalue weighted by molar-refractivity contribution is -0.360. The number of ether oxygens (including phenoxy) is 5. The number of unbranched alkanes of at least 4 members (excludes halogenated alkanes) is 1. The molecular formula is C58H90N20O18S2. The van der Waals surface area contributed by atoms with E-state index in [1.165, 1.54) is 62.9 Å². The Morgan fingerprint density at radius 3 is 2.15 bits per heavy atom. The number of amides is 8. The van der Waals surface area contributed by atoms with E-state index in [1.807, 2.05) is 13.8 Å². The van der Waals surface area contributed by atoms with E-state index in [0.717, 1.165) is 0 Å². The average molecular weight is 1420 g/mol. The molecule has 40 heteroatoms. The third-order valence-corrected chi connectivity index (χ3v) is 18.3. The first-order chi connectivity index (χ1) is 46.3. The van der Waals surface area contributed by atoms with Crippen LogP contribution in [0.5, 0.6) is 0 Å². The van der Waals surface area contributed by atoms with Gasteiger partial charge in [-0.3, -0.25) is 38.6 Å². The second-order valence-corrected chi connectivity index (χ2v) is 25.6. The van der Waals surface area contributed by atoms with Crippen molar-refractivity contribution >= 4 is 81.9 Å². The number of anilines is 1. The number of H-pyrrole nitrogens is 1. The first-order valence-corrected chi connectivity index (χ1v) is 33.1. The summed E-state index contributed by atoms with van der Waals surface area (Å²) >= 11 is 2.50. The summed E-state index contributed by atoms with van der Waals surface area (Å²) < 4.78 is 30.6. The molecule has 4 aromatic rings. The van der Waals surface area contributed by atoms with Crippen molar-refractivity contribution in [3.05, 3.63) is 56.8 Å². The van der Waals surface area contributed by atoms with Crippen LogP contribution in [0.1, 0.15) is 122 Å². The molecule has 38 nitrogen and oxygen atoms in total. The molecule has 0 saturated carbocycles. The number of guanidine groups is 1. The van der Waals surface area contributed by atoms with Gasteiger partial charge in [0.1, 0.15) is 76.3 Å². The Bertz CT molecular complexity index is 3380. The summed E-state index contributed by atoms with van der Waals surface area (Å²) in [5.41, 5.74) is 39.4. The predicted molar refractivity (Wildman–Crippen MR) is 350 cm³/mol. The van der Waals surface area contributed by atoms with E-state index < -0.39 is 170 Å². The van der Waals surface area contributed by atoms with E-state index in [1.54, 1.807) is 17.7 Å². The van der Waals surface area contributed by atoms with Gasteiger partial charge in [-0.05, 0) is 51.9 Å². The van der Waals surface area contributed by atoms with Gasteiger partial charge in [0.25, 0.3) is 11.8 Å². The Kier molecular flexibility index (Phi) is 29.4. The van der Waals surface area contributed by atoms with Crippen LogP contribution in [-0.4, -0.2) is 227 Å². The Labute approximate surface area is 570 Å². The van der Waals surface area contributed by atoms with Gasteiger partial charge in [-0.25, -0.2) is 29.7 Å². The number of aliphatic hydroxyl groups is 5. The summed E-state index contributed by atoms with van der Waals surface area (Å²) in [5, 5.41) is 75.8. The maximum atomic E-state index is 15.3. The molecule has 0 radical (unpaired) electrons. The highest BCUT2D eigenvalue weighted by molar-refractivity contribution is 7.14. The molecule has 542 valence electrons. The van der Waals surface area contributed by atoms with Gasteiger partial charge in [-0.2, -0.15) is 0 Å². The zero-order valence-electron chi connectivity index (χ0n) is 54.9. The Balaban J connectivity index is 1.24. The second-order valence-electron chi connectivity index (χ2n) is 23.8. The molecule has 0 bridgehead atoms. The van der Waals surface area contributed by atoms with Gasteiger partial charge in [0.2, 0.25) is 29.5 Å². The maximum Gasteiger partial charge on any atom is 0.404 e. The molecule has 4 aromatic heterocycles. The number of rotatable bonds is 36. The Hall–Kier alpha value is -8.26. The van der Waals surface area contributed by atoms with Crippen LogP contribution in [0.2, 0.25) is 0 Å². The number of aromatic amines is 1. The highest BCUT2D eigenvalue weighted by Gasteiger charge is 2.52. The number of hydrogen-bond acceptors (Lipinski definition) is 29. The highest BCUT2D eigenvalue weighted by atomic mass is 32.1. The fraction of sp³-hybridized carbons (Fsp3) is 0.621. The zero-order chi connectivity index (χ0) is 72.4. The summed E-state index contributed by atoms with van der Waals surface area (Å²) in [5.74, 6) is -9.05. The quantitative estimate of drug-likeness (QED) is 0.0115. The molecule has 0 spiro atoms. The molecule has 6 rings (SSSR count). The topological polar surface area (TPSA) is 631 Å². The van der Waals surface area contributed by atoms with Crippen LogP contribution >= 0.6 is 22.7 Å². The monoisotopic (exact) mass is 1420 g/mol. The van der Waals surface area contributed by atoms with E-state index in [4.69, 9.17) is 63.8 Å². The van der Waals surface area contributed by atoms with E-state index in [2.05, 4.69) is 66.8 Å². The molecule has 2 saturated heterocycles. The molecule has 8 amide bonds. The van der Waals surface area contributed by atoms with Gasteiger partial charge >= 0.3 is 6.09 Å². The van der Waals surface area contributed by atoms with E-state index in [0.29, 0.717) is 48.1 Å². The minimum atomic E-state index is -1.98.